The van der Waals surface area contributed by atoms with E-state index in [-0.39, 0.29) is 29.9 Å². The fourth-order valence-electron chi connectivity index (χ4n) is 4.34. The van der Waals surface area contributed by atoms with E-state index in [1.54, 1.807) is 48.0 Å². The molecule has 2 atom stereocenters. The van der Waals surface area contributed by atoms with Gasteiger partial charge in [-0.05, 0) is 49.7 Å². The number of nitrogens with one attached hydrogen (secondary N) is 3. The Hall–Kier alpha value is -4.10. The van der Waals surface area contributed by atoms with Gasteiger partial charge in [0.1, 0.15) is 29.1 Å². The molecule has 1 aliphatic rings. The first-order valence-corrected chi connectivity index (χ1v) is 11.9. The molecule has 3 aromatic rings. The molecule has 1 aromatic carbocycles. The largest absolute Gasteiger partial charge is 0.495 e. The number of amides is 1. The van der Waals surface area contributed by atoms with Crippen LogP contribution in [0.25, 0.3) is 11.5 Å². The Balaban J connectivity index is 1.56. The molecule has 1 aliphatic heterocycles. The minimum atomic E-state index is -1.03. The van der Waals surface area contributed by atoms with Crippen LogP contribution in [-0.4, -0.2) is 73.2 Å². The molecular formula is C27H30F2N6O2. The van der Waals surface area contributed by atoms with Gasteiger partial charge in [0.05, 0.1) is 31.1 Å². The molecule has 0 aliphatic carbocycles. The van der Waals surface area contributed by atoms with E-state index in [0.717, 1.165) is 6.54 Å². The first-order chi connectivity index (χ1) is 17.8. The highest BCUT2D eigenvalue weighted by atomic mass is 19.1. The number of halogens is 2. The highest BCUT2D eigenvalue weighted by molar-refractivity contribution is 5.95. The molecule has 3 N–H and O–H groups in total. The molecule has 4 rings (SSSR count). The average Bonchev–Trinajstić information content (AvgIpc) is 3.27. The highest BCUT2D eigenvalue weighted by Crippen LogP contribution is 2.28. The molecule has 10 heteroatoms. The number of likely N-dealkylation sites (tertiary alicyclic amines) is 1. The number of methoxy groups -OCH3 is 1. The number of benzene rings is 1. The van der Waals surface area contributed by atoms with Crippen LogP contribution < -0.4 is 20.7 Å². The Morgan fingerprint density at radius 2 is 2.14 bits per heavy atom. The molecule has 3 heterocycles. The molecule has 0 spiro atoms. The molecule has 0 unspecified atom stereocenters. The SMILES string of the molecule is C=C(F)c1c(C#CCNc2ccc(C(=O)NC)cc2OC)nc2c(N[C@@H]3CCN(C)C[C@@H]3F)cccn12. The van der Waals surface area contributed by atoms with E-state index in [1.165, 1.54) is 7.11 Å². The standard InChI is InChI=1S/C27H30F2N6O2/c1-17(28)25-22(7-5-12-31-21-10-9-18(27(36)30-2)15-24(21)37-4)33-26-23(8-6-13-35(25)26)32-20-11-14-34(3)16-19(20)29/h6,8-10,13,15,19-20,31-32H,1,11-12,14,16H2,2-4H3,(H,30,36)/t19-,20+/m0/s1. The number of hydrogen-bond acceptors (Lipinski definition) is 6. The van der Waals surface area contributed by atoms with E-state index >= 15 is 0 Å². The van der Waals surface area contributed by atoms with Crippen LogP contribution in [0.5, 0.6) is 5.75 Å². The second-order valence-electron chi connectivity index (χ2n) is 8.80. The molecular weight excluding hydrogens is 478 g/mol. The number of alkyl halides is 1. The summed E-state index contributed by atoms with van der Waals surface area (Å²) in [6.07, 6.45) is 1.29. The maximum Gasteiger partial charge on any atom is 0.251 e. The number of carbonyl (C=O) groups excluding carboxylic acids is 1. The molecule has 8 nitrogen and oxygen atoms in total. The maximum atomic E-state index is 14.6. The van der Waals surface area contributed by atoms with Gasteiger partial charge in [-0.15, -0.1) is 0 Å². The van der Waals surface area contributed by atoms with Gasteiger partial charge in [0.2, 0.25) is 0 Å². The Kier molecular flexibility index (Phi) is 7.94. The molecule has 1 fully saturated rings. The van der Waals surface area contributed by atoms with Gasteiger partial charge in [0, 0.05) is 31.9 Å². The summed E-state index contributed by atoms with van der Waals surface area (Å²) in [7, 11) is 4.97. The fourth-order valence-corrected chi connectivity index (χ4v) is 4.34. The molecule has 1 saturated heterocycles. The van der Waals surface area contributed by atoms with Crippen LogP contribution in [0.4, 0.5) is 20.2 Å². The van der Waals surface area contributed by atoms with Crippen molar-refractivity contribution in [2.45, 2.75) is 18.6 Å². The second-order valence-corrected chi connectivity index (χ2v) is 8.80. The number of imidazole rings is 1. The van der Waals surface area contributed by atoms with Gasteiger partial charge in [-0.2, -0.15) is 0 Å². The summed E-state index contributed by atoms with van der Waals surface area (Å²) in [6.45, 7) is 4.81. The number of aromatic nitrogens is 2. The van der Waals surface area contributed by atoms with Crippen molar-refractivity contribution in [2.75, 3.05) is 51.5 Å². The van der Waals surface area contributed by atoms with Crippen molar-refractivity contribution in [3.63, 3.8) is 0 Å². The molecule has 37 heavy (non-hydrogen) atoms. The maximum absolute atomic E-state index is 14.6. The summed E-state index contributed by atoms with van der Waals surface area (Å²) in [4.78, 5) is 18.4. The number of nitrogens with zero attached hydrogens (tertiary/aromatic N) is 3. The van der Waals surface area contributed by atoms with E-state index in [4.69, 9.17) is 4.74 Å². The molecule has 1 amide bonds. The zero-order valence-electron chi connectivity index (χ0n) is 21.1. The second kappa shape index (κ2) is 11.3. The van der Waals surface area contributed by atoms with Crippen LogP contribution in [0.2, 0.25) is 0 Å². The zero-order chi connectivity index (χ0) is 26.5. The summed E-state index contributed by atoms with van der Waals surface area (Å²) in [5.41, 5.74) is 2.56. The number of carbonyl (C=O) groups is 1. The van der Waals surface area contributed by atoms with Crippen LogP contribution in [0, 0.1) is 11.8 Å². The number of anilines is 2. The van der Waals surface area contributed by atoms with Crippen molar-refractivity contribution >= 4 is 28.8 Å². The van der Waals surface area contributed by atoms with Crippen molar-refractivity contribution in [2.24, 2.45) is 0 Å². The molecule has 0 radical (unpaired) electrons. The number of rotatable bonds is 7. The molecule has 194 valence electrons. The normalized spacial score (nSPS) is 17.5. The van der Waals surface area contributed by atoms with Crippen LogP contribution in [0.1, 0.15) is 28.2 Å². The first-order valence-electron chi connectivity index (χ1n) is 11.9. The van der Waals surface area contributed by atoms with Crippen molar-refractivity contribution in [3.8, 4) is 17.6 Å². The van der Waals surface area contributed by atoms with E-state index in [2.05, 4.69) is 39.4 Å². The third-order valence-electron chi connectivity index (χ3n) is 6.26. The van der Waals surface area contributed by atoms with Crippen LogP contribution in [-0.2, 0) is 0 Å². The summed E-state index contributed by atoms with van der Waals surface area (Å²) < 4.78 is 36.0. The van der Waals surface area contributed by atoms with Gasteiger partial charge in [-0.25, -0.2) is 13.8 Å². The number of hydrogen-bond donors (Lipinski definition) is 3. The lowest BCUT2D eigenvalue weighted by Crippen LogP contribution is -2.46. The zero-order valence-corrected chi connectivity index (χ0v) is 21.1. The van der Waals surface area contributed by atoms with E-state index < -0.39 is 12.0 Å². The Morgan fingerprint density at radius 1 is 1.32 bits per heavy atom. The average molecular weight is 509 g/mol. The lowest BCUT2D eigenvalue weighted by molar-refractivity contribution is 0.0962. The van der Waals surface area contributed by atoms with Gasteiger partial charge < -0.3 is 25.6 Å². The monoisotopic (exact) mass is 508 g/mol. The van der Waals surface area contributed by atoms with Gasteiger partial charge in [0.25, 0.3) is 5.91 Å². The molecule has 0 bridgehead atoms. The number of pyridine rings is 1. The topological polar surface area (TPSA) is 82.9 Å². The first kappa shape index (κ1) is 26.0. The van der Waals surface area contributed by atoms with Crippen LogP contribution in [0.15, 0.2) is 43.1 Å². The molecule has 2 aromatic heterocycles. The minimum Gasteiger partial charge on any atom is -0.495 e. The molecule has 0 saturated carbocycles. The van der Waals surface area contributed by atoms with Gasteiger partial charge in [-0.3, -0.25) is 9.20 Å². The van der Waals surface area contributed by atoms with Crippen LogP contribution >= 0.6 is 0 Å². The van der Waals surface area contributed by atoms with Crippen molar-refractivity contribution in [3.05, 3.63) is 60.1 Å². The van der Waals surface area contributed by atoms with Crippen molar-refractivity contribution < 1.29 is 18.3 Å². The minimum absolute atomic E-state index is 0.152. The van der Waals surface area contributed by atoms with Gasteiger partial charge in [-0.1, -0.05) is 12.5 Å². The van der Waals surface area contributed by atoms with E-state index in [0.29, 0.717) is 41.3 Å². The summed E-state index contributed by atoms with van der Waals surface area (Å²) in [6, 6.07) is 8.21. The van der Waals surface area contributed by atoms with Gasteiger partial charge in [0.15, 0.2) is 5.65 Å². The predicted octanol–water partition coefficient (Wildman–Crippen LogP) is 3.56. The lowest BCUT2D eigenvalue weighted by Gasteiger charge is -2.33. The Bertz CT molecular complexity index is 1380. The van der Waals surface area contributed by atoms with Crippen LogP contribution in [0.3, 0.4) is 0 Å². The smallest absolute Gasteiger partial charge is 0.251 e. The van der Waals surface area contributed by atoms with Gasteiger partial charge >= 0.3 is 0 Å². The fraction of sp³-hybridized carbons (Fsp3) is 0.333. The van der Waals surface area contributed by atoms with Crippen molar-refractivity contribution in [1.29, 1.82) is 0 Å². The third-order valence-corrected chi connectivity index (χ3v) is 6.26. The predicted molar refractivity (Wildman–Crippen MR) is 142 cm³/mol. The Morgan fingerprint density at radius 3 is 2.84 bits per heavy atom. The van der Waals surface area contributed by atoms with E-state index in [9.17, 15) is 13.6 Å². The Labute approximate surface area is 214 Å². The number of fused-ring (bicyclic) bond motifs is 1. The third kappa shape index (κ3) is 5.67. The summed E-state index contributed by atoms with van der Waals surface area (Å²) in [5.74, 6) is 5.47. The lowest BCUT2D eigenvalue weighted by atomic mass is 10.0. The highest BCUT2D eigenvalue weighted by Gasteiger charge is 2.28. The summed E-state index contributed by atoms with van der Waals surface area (Å²) >= 11 is 0. The number of piperidine rings is 1. The number of ether oxygens (including phenoxy) is 1. The van der Waals surface area contributed by atoms with E-state index in [1.807, 2.05) is 11.9 Å². The van der Waals surface area contributed by atoms with Crippen molar-refractivity contribution in [1.82, 2.24) is 19.6 Å². The summed E-state index contributed by atoms with van der Waals surface area (Å²) in [5, 5.41) is 8.96. The quantitative estimate of drug-likeness (QED) is 0.424.